The molecule has 7 heteroatoms. The number of hydrogen-bond donors (Lipinski definition) is 2. The van der Waals surface area contributed by atoms with Crippen molar-refractivity contribution in [3.8, 4) is 11.3 Å². The summed E-state index contributed by atoms with van der Waals surface area (Å²) in [4.78, 5) is 30.9. The van der Waals surface area contributed by atoms with Crippen LogP contribution in [0.1, 0.15) is 28.8 Å². The minimum absolute atomic E-state index is 0.0343. The van der Waals surface area contributed by atoms with Gasteiger partial charge in [0.1, 0.15) is 0 Å². The molecule has 1 aliphatic rings. The second kappa shape index (κ2) is 8.04. The van der Waals surface area contributed by atoms with Gasteiger partial charge in [-0.25, -0.2) is 0 Å². The van der Waals surface area contributed by atoms with Crippen LogP contribution >= 0.6 is 0 Å². The Morgan fingerprint density at radius 1 is 1.14 bits per heavy atom. The summed E-state index contributed by atoms with van der Waals surface area (Å²) in [6.45, 7) is 0.858. The van der Waals surface area contributed by atoms with Gasteiger partial charge < -0.3 is 10.2 Å². The van der Waals surface area contributed by atoms with E-state index in [1.807, 2.05) is 42.5 Å². The average molecular weight is 375 g/mol. The zero-order valence-electron chi connectivity index (χ0n) is 15.3. The number of amides is 2. The molecule has 142 valence electrons. The lowest BCUT2D eigenvalue weighted by Crippen LogP contribution is -2.41. The highest BCUT2D eigenvalue weighted by Gasteiger charge is 2.28. The van der Waals surface area contributed by atoms with Gasteiger partial charge in [0, 0.05) is 43.5 Å². The number of nitrogens with zero attached hydrogens (tertiary/aromatic N) is 3. The van der Waals surface area contributed by atoms with Crippen LogP contribution in [-0.4, -0.2) is 44.5 Å². The molecule has 1 aromatic carbocycles. The first-order valence-corrected chi connectivity index (χ1v) is 9.27. The number of rotatable bonds is 6. The molecule has 1 atom stereocenters. The summed E-state index contributed by atoms with van der Waals surface area (Å²) in [5.41, 5.74) is 3.04. The first-order chi connectivity index (χ1) is 13.7. The van der Waals surface area contributed by atoms with Crippen molar-refractivity contribution >= 4 is 11.8 Å². The molecule has 0 saturated carbocycles. The molecule has 0 radical (unpaired) electrons. The Kier molecular flexibility index (Phi) is 5.14. The van der Waals surface area contributed by atoms with E-state index in [1.54, 1.807) is 23.5 Å². The minimum Gasteiger partial charge on any atom is -0.352 e. The maximum Gasteiger partial charge on any atom is 0.258 e. The Hall–Kier alpha value is -3.48. The summed E-state index contributed by atoms with van der Waals surface area (Å²) in [6.07, 6.45) is 6.25. The topological polar surface area (TPSA) is 91.0 Å². The van der Waals surface area contributed by atoms with Crippen molar-refractivity contribution in [2.45, 2.75) is 25.4 Å². The minimum atomic E-state index is -0.127. The lowest BCUT2D eigenvalue weighted by atomic mass is 10.1. The Morgan fingerprint density at radius 2 is 2.00 bits per heavy atom. The molecule has 1 fully saturated rings. The standard InChI is InChI=1S/C21H21N5O2/c27-19-9-8-17(24-19)14-26(13-15-5-4-10-22-11-15)21(28)18-12-23-25-20(18)16-6-2-1-3-7-16/h1-7,10-12,17H,8-9,13-14H2,(H,23,25)(H,24,27)/t17-/m0/s1. The smallest absolute Gasteiger partial charge is 0.258 e. The third-order valence-corrected chi connectivity index (χ3v) is 4.84. The van der Waals surface area contributed by atoms with Crippen molar-refractivity contribution < 1.29 is 9.59 Å². The SMILES string of the molecule is O=C1CC[C@@H](CN(Cc2cccnc2)C(=O)c2cn[nH]c2-c2ccccc2)N1. The van der Waals surface area contributed by atoms with E-state index < -0.39 is 0 Å². The number of hydrogen-bond acceptors (Lipinski definition) is 4. The third kappa shape index (κ3) is 3.93. The lowest BCUT2D eigenvalue weighted by Gasteiger charge is -2.26. The Morgan fingerprint density at radius 3 is 2.71 bits per heavy atom. The molecule has 3 aromatic rings. The van der Waals surface area contributed by atoms with Gasteiger partial charge in [0.15, 0.2) is 0 Å². The molecule has 7 nitrogen and oxygen atoms in total. The molecule has 2 amide bonds. The molecule has 4 rings (SSSR count). The zero-order valence-corrected chi connectivity index (χ0v) is 15.3. The van der Waals surface area contributed by atoms with Crippen LogP contribution < -0.4 is 5.32 Å². The largest absolute Gasteiger partial charge is 0.352 e. The van der Waals surface area contributed by atoms with Crippen molar-refractivity contribution in [2.24, 2.45) is 0 Å². The van der Waals surface area contributed by atoms with Gasteiger partial charge in [-0.2, -0.15) is 5.10 Å². The van der Waals surface area contributed by atoms with E-state index in [9.17, 15) is 9.59 Å². The summed E-state index contributed by atoms with van der Waals surface area (Å²) < 4.78 is 0. The number of H-pyrrole nitrogens is 1. The molecule has 1 aliphatic heterocycles. The second-order valence-corrected chi connectivity index (χ2v) is 6.87. The van der Waals surface area contributed by atoms with Crippen LogP contribution in [0.15, 0.2) is 61.1 Å². The first kappa shape index (κ1) is 17.9. The molecule has 2 N–H and O–H groups in total. The van der Waals surface area contributed by atoms with Gasteiger partial charge in [-0.3, -0.25) is 19.7 Å². The van der Waals surface area contributed by atoms with Crippen molar-refractivity contribution in [2.75, 3.05) is 6.54 Å². The molecule has 0 unspecified atom stereocenters. The van der Waals surface area contributed by atoms with Gasteiger partial charge >= 0.3 is 0 Å². The number of carbonyl (C=O) groups excluding carboxylic acids is 2. The number of aromatic amines is 1. The monoisotopic (exact) mass is 375 g/mol. The molecular weight excluding hydrogens is 354 g/mol. The lowest BCUT2D eigenvalue weighted by molar-refractivity contribution is -0.119. The number of nitrogens with one attached hydrogen (secondary N) is 2. The van der Waals surface area contributed by atoms with E-state index >= 15 is 0 Å². The van der Waals surface area contributed by atoms with Crippen LogP contribution in [0.5, 0.6) is 0 Å². The summed E-state index contributed by atoms with van der Waals surface area (Å²) in [7, 11) is 0. The highest BCUT2D eigenvalue weighted by molar-refractivity contribution is 5.99. The molecule has 0 bridgehead atoms. The highest BCUT2D eigenvalue weighted by atomic mass is 16.2. The fraction of sp³-hybridized carbons (Fsp3) is 0.238. The molecule has 0 spiro atoms. The summed E-state index contributed by atoms with van der Waals surface area (Å²) in [5.74, 6) is -0.0929. The van der Waals surface area contributed by atoms with Crippen LogP contribution in [-0.2, 0) is 11.3 Å². The molecular formula is C21H21N5O2. The van der Waals surface area contributed by atoms with Crippen LogP contribution in [0, 0.1) is 0 Å². The number of carbonyl (C=O) groups is 2. The summed E-state index contributed by atoms with van der Waals surface area (Å²) in [5, 5.41) is 9.99. The van der Waals surface area contributed by atoms with Crippen LogP contribution in [0.2, 0.25) is 0 Å². The Bertz CT molecular complexity index is 955. The molecule has 2 aromatic heterocycles. The predicted octanol–water partition coefficient (Wildman–Crippen LogP) is 2.39. The first-order valence-electron chi connectivity index (χ1n) is 9.27. The molecule has 1 saturated heterocycles. The van der Waals surface area contributed by atoms with Gasteiger partial charge in [0.2, 0.25) is 5.91 Å². The van der Waals surface area contributed by atoms with E-state index in [1.165, 1.54) is 0 Å². The quantitative estimate of drug-likeness (QED) is 0.692. The second-order valence-electron chi connectivity index (χ2n) is 6.87. The number of aromatic nitrogens is 3. The van der Waals surface area contributed by atoms with Crippen LogP contribution in [0.25, 0.3) is 11.3 Å². The third-order valence-electron chi connectivity index (χ3n) is 4.84. The van der Waals surface area contributed by atoms with Crippen LogP contribution in [0.3, 0.4) is 0 Å². The van der Waals surface area contributed by atoms with E-state index in [2.05, 4.69) is 20.5 Å². The number of benzene rings is 1. The molecule has 0 aliphatic carbocycles. The zero-order chi connectivity index (χ0) is 19.3. The van der Waals surface area contributed by atoms with Gasteiger partial charge in [-0.1, -0.05) is 36.4 Å². The fourth-order valence-corrected chi connectivity index (χ4v) is 3.46. The van der Waals surface area contributed by atoms with Crippen molar-refractivity contribution in [1.29, 1.82) is 0 Å². The van der Waals surface area contributed by atoms with E-state index in [4.69, 9.17) is 0 Å². The highest BCUT2D eigenvalue weighted by Crippen LogP contribution is 2.23. The van der Waals surface area contributed by atoms with Crippen molar-refractivity contribution in [3.63, 3.8) is 0 Å². The molecule has 3 heterocycles. The van der Waals surface area contributed by atoms with Gasteiger partial charge in [-0.15, -0.1) is 0 Å². The normalized spacial score (nSPS) is 16.0. The van der Waals surface area contributed by atoms with Gasteiger partial charge in [0.25, 0.3) is 5.91 Å². The van der Waals surface area contributed by atoms with Crippen molar-refractivity contribution in [1.82, 2.24) is 25.4 Å². The number of pyridine rings is 1. The Balaban J connectivity index is 1.61. The maximum atomic E-state index is 13.4. The summed E-state index contributed by atoms with van der Waals surface area (Å²) in [6, 6.07) is 13.4. The van der Waals surface area contributed by atoms with Gasteiger partial charge in [-0.05, 0) is 18.1 Å². The molecule has 28 heavy (non-hydrogen) atoms. The van der Waals surface area contributed by atoms with Crippen molar-refractivity contribution in [3.05, 3.63) is 72.2 Å². The van der Waals surface area contributed by atoms with Crippen LogP contribution in [0.4, 0.5) is 0 Å². The average Bonchev–Trinajstić information content (AvgIpc) is 3.37. The maximum absolute atomic E-state index is 13.4. The Labute approximate surface area is 162 Å². The van der Waals surface area contributed by atoms with E-state index in [0.717, 1.165) is 17.5 Å². The summed E-state index contributed by atoms with van der Waals surface area (Å²) >= 11 is 0. The predicted molar refractivity (Wildman–Crippen MR) is 104 cm³/mol. The fourth-order valence-electron chi connectivity index (χ4n) is 3.46. The van der Waals surface area contributed by atoms with Gasteiger partial charge in [0.05, 0.1) is 17.5 Å². The van der Waals surface area contributed by atoms with E-state index in [-0.39, 0.29) is 17.9 Å². The van der Waals surface area contributed by atoms with E-state index in [0.29, 0.717) is 30.8 Å².